The van der Waals surface area contributed by atoms with Gasteiger partial charge in [-0.1, -0.05) is 24.3 Å². The molecule has 0 radical (unpaired) electrons. The van der Waals surface area contributed by atoms with E-state index in [1.165, 1.54) is 0 Å². The number of anilines is 1. The molecule has 1 saturated heterocycles. The smallest absolute Gasteiger partial charge is 0.399 e. The Bertz CT molecular complexity index is 982. The second-order valence-corrected chi connectivity index (χ2v) is 7.76. The third-order valence-electron chi connectivity index (χ3n) is 5.26. The molecule has 1 aliphatic heterocycles. The summed E-state index contributed by atoms with van der Waals surface area (Å²) in [7, 11) is -0.455. The number of rotatable bonds is 3. The minimum atomic E-state index is -0.455. The van der Waals surface area contributed by atoms with Gasteiger partial charge in [-0.2, -0.15) is 0 Å². The van der Waals surface area contributed by atoms with E-state index in [-0.39, 0.29) is 5.91 Å². The molecule has 1 fully saturated rings. The van der Waals surface area contributed by atoms with E-state index in [4.69, 9.17) is 9.31 Å². The van der Waals surface area contributed by atoms with Gasteiger partial charge in [-0.3, -0.25) is 4.79 Å². The van der Waals surface area contributed by atoms with Crippen molar-refractivity contribution in [2.45, 2.75) is 38.9 Å². The van der Waals surface area contributed by atoms with E-state index in [0.717, 1.165) is 11.2 Å². The fraction of sp³-hybridized carbons (Fsp3) is 0.300. The van der Waals surface area contributed by atoms with Gasteiger partial charge in [0.05, 0.1) is 11.2 Å². The summed E-state index contributed by atoms with van der Waals surface area (Å²) in [5.41, 5.74) is 1.86. The van der Waals surface area contributed by atoms with Crippen molar-refractivity contribution < 1.29 is 14.1 Å². The van der Waals surface area contributed by atoms with Crippen LogP contribution in [0.4, 0.5) is 5.69 Å². The van der Waals surface area contributed by atoms with Gasteiger partial charge < -0.3 is 19.0 Å². The monoisotopic (exact) mass is 363 g/mol. The lowest BCUT2D eigenvalue weighted by Crippen LogP contribution is -2.41. The van der Waals surface area contributed by atoms with Crippen LogP contribution in [0.2, 0.25) is 0 Å². The molecule has 0 spiro atoms. The molecule has 0 saturated carbocycles. The highest BCUT2D eigenvalue weighted by Gasteiger charge is 2.51. The molecular weight excluding hydrogens is 341 g/mol. The Morgan fingerprint density at radius 1 is 1.00 bits per heavy atom. The number of hydrogen-bond acceptors (Lipinski definition) is 4. The van der Waals surface area contributed by atoms with Crippen LogP contribution in [0, 0.1) is 0 Å². The van der Waals surface area contributed by atoms with Gasteiger partial charge in [0, 0.05) is 18.1 Å². The fourth-order valence-corrected chi connectivity index (χ4v) is 2.95. The summed E-state index contributed by atoms with van der Waals surface area (Å²) in [5.74, 6) is -0.248. The van der Waals surface area contributed by atoms with Crippen LogP contribution >= 0.6 is 0 Å². The summed E-state index contributed by atoms with van der Waals surface area (Å²) in [5, 5.41) is 2.85. The minimum absolute atomic E-state index is 0.248. The number of carbonyl (C=O) groups excluding carboxylic acids is 1. The van der Waals surface area contributed by atoms with E-state index in [1.54, 1.807) is 6.20 Å². The summed E-state index contributed by atoms with van der Waals surface area (Å²) >= 11 is 0. The van der Waals surface area contributed by atoms with Crippen molar-refractivity contribution in [2.75, 3.05) is 5.32 Å². The van der Waals surface area contributed by atoms with E-state index in [2.05, 4.69) is 10.3 Å². The van der Waals surface area contributed by atoms with Gasteiger partial charge in [-0.15, -0.1) is 0 Å². The second kappa shape index (κ2) is 6.21. The Morgan fingerprint density at radius 2 is 1.67 bits per heavy atom. The first-order valence-corrected chi connectivity index (χ1v) is 8.96. The van der Waals surface area contributed by atoms with Crippen LogP contribution < -0.4 is 10.8 Å². The van der Waals surface area contributed by atoms with Crippen LogP contribution in [0.3, 0.4) is 0 Å². The molecule has 27 heavy (non-hydrogen) atoms. The highest BCUT2D eigenvalue weighted by Crippen LogP contribution is 2.36. The molecule has 0 bridgehead atoms. The van der Waals surface area contributed by atoms with E-state index in [0.29, 0.717) is 11.3 Å². The summed E-state index contributed by atoms with van der Waals surface area (Å²) < 4.78 is 14.0. The minimum Gasteiger partial charge on any atom is -0.399 e. The Morgan fingerprint density at radius 3 is 2.33 bits per heavy atom. The molecular formula is C20H22BN3O3. The van der Waals surface area contributed by atoms with Crippen molar-refractivity contribution in [2.24, 2.45) is 0 Å². The molecule has 3 aromatic rings. The molecule has 2 aromatic heterocycles. The normalized spacial score (nSPS) is 18.0. The number of hydrogen-bond donors (Lipinski definition) is 1. The van der Waals surface area contributed by atoms with Gasteiger partial charge in [-0.05, 0) is 51.4 Å². The average Bonchev–Trinajstić information content (AvgIpc) is 3.13. The van der Waals surface area contributed by atoms with Crippen LogP contribution in [0.1, 0.15) is 38.2 Å². The molecule has 6 nitrogen and oxygen atoms in total. The molecule has 138 valence electrons. The molecule has 0 aliphatic carbocycles. The van der Waals surface area contributed by atoms with Crippen LogP contribution in [-0.4, -0.2) is 33.6 Å². The fourth-order valence-electron chi connectivity index (χ4n) is 2.95. The van der Waals surface area contributed by atoms with E-state index in [9.17, 15) is 4.79 Å². The molecule has 0 atom stereocenters. The van der Waals surface area contributed by atoms with Crippen LogP contribution in [0.25, 0.3) is 5.65 Å². The zero-order chi connectivity index (χ0) is 19.2. The summed E-state index contributed by atoms with van der Waals surface area (Å²) in [6.45, 7) is 8.09. The molecule has 1 aromatic carbocycles. The number of fused-ring (bicyclic) bond motifs is 1. The van der Waals surface area contributed by atoms with Gasteiger partial charge in [-0.25, -0.2) is 4.98 Å². The highest BCUT2D eigenvalue weighted by atomic mass is 16.7. The molecule has 0 unspecified atom stereocenters. The van der Waals surface area contributed by atoms with Crippen molar-refractivity contribution in [1.82, 2.24) is 9.38 Å². The first-order chi connectivity index (χ1) is 12.7. The lowest BCUT2D eigenvalue weighted by Gasteiger charge is -2.32. The number of imidazole rings is 1. The predicted molar refractivity (Wildman–Crippen MR) is 105 cm³/mol. The quantitative estimate of drug-likeness (QED) is 0.727. The number of aromatic nitrogens is 2. The number of nitrogens with zero attached hydrogens (tertiary/aromatic N) is 2. The van der Waals surface area contributed by atoms with Gasteiger partial charge in [0.1, 0.15) is 11.3 Å². The molecule has 1 N–H and O–H groups in total. The number of para-hydroxylation sites is 1. The predicted octanol–water partition coefficient (Wildman–Crippen LogP) is 2.89. The standard InChI is InChI=1S/C20H22BN3O3/c1-19(2)20(3,4)27-21(26-19)14-10-11-17-23-16(13-24(17)12-14)18(25)22-15-8-6-5-7-9-15/h5-13H,1-4H3,(H,22,25). The van der Waals surface area contributed by atoms with Gasteiger partial charge in [0.2, 0.25) is 0 Å². The second-order valence-electron chi connectivity index (χ2n) is 7.76. The molecule has 4 rings (SSSR count). The third-order valence-corrected chi connectivity index (χ3v) is 5.26. The van der Waals surface area contributed by atoms with Gasteiger partial charge >= 0.3 is 7.12 Å². The number of pyridine rings is 1. The van der Waals surface area contributed by atoms with Crippen molar-refractivity contribution >= 4 is 29.8 Å². The number of benzene rings is 1. The summed E-state index contributed by atoms with van der Waals surface area (Å²) in [6.07, 6.45) is 3.60. The van der Waals surface area contributed by atoms with E-state index >= 15 is 0 Å². The Balaban J connectivity index is 1.58. The third kappa shape index (κ3) is 3.24. The van der Waals surface area contributed by atoms with Crippen LogP contribution in [0.15, 0.2) is 54.9 Å². The maximum Gasteiger partial charge on any atom is 0.496 e. The molecule has 3 heterocycles. The lowest BCUT2D eigenvalue weighted by atomic mass is 9.80. The molecule has 7 heteroatoms. The van der Waals surface area contributed by atoms with Crippen molar-refractivity contribution in [3.8, 4) is 0 Å². The SMILES string of the molecule is CC1(C)OB(c2ccc3nc(C(=O)Nc4ccccc4)cn3c2)OC1(C)C. The van der Waals surface area contributed by atoms with Crippen molar-refractivity contribution in [3.05, 3.63) is 60.6 Å². The van der Waals surface area contributed by atoms with E-state index < -0.39 is 18.3 Å². The average molecular weight is 363 g/mol. The maximum atomic E-state index is 12.5. The topological polar surface area (TPSA) is 64.9 Å². The Kier molecular flexibility index (Phi) is 4.09. The first kappa shape index (κ1) is 17.8. The van der Waals surface area contributed by atoms with Crippen molar-refractivity contribution in [1.29, 1.82) is 0 Å². The van der Waals surface area contributed by atoms with Crippen molar-refractivity contribution in [3.63, 3.8) is 0 Å². The van der Waals surface area contributed by atoms with E-state index in [1.807, 2.05) is 80.8 Å². The van der Waals surface area contributed by atoms with Gasteiger partial charge in [0.15, 0.2) is 0 Å². The Labute approximate surface area is 158 Å². The molecule has 1 aliphatic rings. The maximum absolute atomic E-state index is 12.5. The Hall–Kier alpha value is -2.64. The number of nitrogens with one attached hydrogen (secondary N) is 1. The lowest BCUT2D eigenvalue weighted by molar-refractivity contribution is 0.00578. The summed E-state index contributed by atoms with van der Waals surface area (Å²) in [6, 6.07) is 13.1. The number of carbonyl (C=O) groups is 1. The van der Waals surface area contributed by atoms with Crippen LogP contribution in [-0.2, 0) is 9.31 Å². The zero-order valence-electron chi connectivity index (χ0n) is 15.9. The molecule has 1 amide bonds. The zero-order valence-corrected chi connectivity index (χ0v) is 15.9. The number of amides is 1. The first-order valence-electron chi connectivity index (χ1n) is 8.96. The largest absolute Gasteiger partial charge is 0.496 e. The summed E-state index contributed by atoms with van der Waals surface area (Å²) in [4.78, 5) is 16.9. The van der Waals surface area contributed by atoms with Crippen LogP contribution in [0.5, 0.6) is 0 Å². The van der Waals surface area contributed by atoms with Gasteiger partial charge in [0.25, 0.3) is 5.91 Å². The highest BCUT2D eigenvalue weighted by molar-refractivity contribution is 6.62.